The minimum absolute atomic E-state index is 0.0659. The number of halogens is 1. The summed E-state index contributed by atoms with van der Waals surface area (Å²) in [6.07, 6.45) is -0.0766. The van der Waals surface area contributed by atoms with Crippen molar-refractivity contribution in [1.29, 1.82) is 0 Å². The molecular formula is C10H11ClN2O. The standard InChI is InChI=1S/C10H11ClN2O/c1-6-9(14-10(12)13-6)7-2-4-8(11)5-3-7/h2-6,9H,1H3,(H2,12,13). The van der Waals surface area contributed by atoms with Crippen molar-refractivity contribution in [3.05, 3.63) is 34.9 Å². The van der Waals surface area contributed by atoms with E-state index in [2.05, 4.69) is 4.99 Å². The number of nitrogens with zero attached hydrogens (tertiary/aromatic N) is 1. The molecule has 1 aromatic carbocycles. The van der Waals surface area contributed by atoms with Crippen molar-refractivity contribution in [3.63, 3.8) is 0 Å². The Hall–Kier alpha value is -1.22. The van der Waals surface area contributed by atoms with E-state index in [-0.39, 0.29) is 18.2 Å². The Balaban J connectivity index is 2.21. The van der Waals surface area contributed by atoms with E-state index in [0.29, 0.717) is 5.02 Å². The van der Waals surface area contributed by atoms with Gasteiger partial charge in [0.15, 0.2) is 0 Å². The van der Waals surface area contributed by atoms with Gasteiger partial charge in [0.25, 0.3) is 6.02 Å². The first kappa shape index (κ1) is 9.34. The van der Waals surface area contributed by atoms with Gasteiger partial charge in [-0.25, -0.2) is 4.99 Å². The summed E-state index contributed by atoms with van der Waals surface area (Å²) in [5.74, 6) is 0. The highest BCUT2D eigenvalue weighted by atomic mass is 35.5. The van der Waals surface area contributed by atoms with Crippen LogP contribution in [0.2, 0.25) is 5.02 Å². The third kappa shape index (κ3) is 1.68. The molecule has 14 heavy (non-hydrogen) atoms. The van der Waals surface area contributed by atoms with E-state index in [4.69, 9.17) is 22.1 Å². The lowest BCUT2D eigenvalue weighted by Gasteiger charge is -2.13. The quantitative estimate of drug-likeness (QED) is 0.772. The molecule has 1 aromatic rings. The molecule has 3 nitrogen and oxygen atoms in total. The maximum absolute atomic E-state index is 5.79. The Bertz CT molecular complexity index is 361. The Morgan fingerprint density at radius 2 is 2.00 bits per heavy atom. The van der Waals surface area contributed by atoms with E-state index < -0.39 is 0 Å². The van der Waals surface area contributed by atoms with Crippen LogP contribution in [0.3, 0.4) is 0 Å². The van der Waals surface area contributed by atoms with Crippen LogP contribution in [-0.2, 0) is 4.74 Å². The second-order valence-corrected chi connectivity index (χ2v) is 3.73. The van der Waals surface area contributed by atoms with Gasteiger partial charge in [0.1, 0.15) is 6.10 Å². The zero-order valence-electron chi connectivity index (χ0n) is 7.77. The minimum atomic E-state index is -0.0766. The lowest BCUT2D eigenvalue weighted by molar-refractivity contribution is 0.199. The summed E-state index contributed by atoms with van der Waals surface area (Å²) in [4.78, 5) is 4.11. The maximum atomic E-state index is 5.79. The second kappa shape index (κ2) is 3.50. The van der Waals surface area contributed by atoms with E-state index in [1.54, 1.807) is 0 Å². The molecule has 0 spiro atoms. The van der Waals surface area contributed by atoms with Crippen molar-refractivity contribution in [2.24, 2.45) is 10.7 Å². The largest absolute Gasteiger partial charge is 0.455 e. The fraction of sp³-hybridized carbons (Fsp3) is 0.300. The second-order valence-electron chi connectivity index (χ2n) is 3.30. The maximum Gasteiger partial charge on any atom is 0.283 e. The number of ether oxygens (including phenoxy) is 1. The van der Waals surface area contributed by atoms with Crippen LogP contribution < -0.4 is 5.73 Å². The van der Waals surface area contributed by atoms with Gasteiger partial charge in [-0.1, -0.05) is 23.7 Å². The van der Waals surface area contributed by atoms with Gasteiger partial charge in [-0.15, -0.1) is 0 Å². The zero-order valence-corrected chi connectivity index (χ0v) is 8.53. The summed E-state index contributed by atoms with van der Waals surface area (Å²) in [6.45, 7) is 1.97. The van der Waals surface area contributed by atoms with Gasteiger partial charge < -0.3 is 10.5 Å². The number of rotatable bonds is 1. The first-order chi connectivity index (χ1) is 6.66. The van der Waals surface area contributed by atoms with Crippen LogP contribution in [0.5, 0.6) is 0 Å². The Kier molecular flexibility index (Phi) is 2.33. The molecule has 1 heterocycles. The minimum Gasteiger partial charge on any atom is -0.455 e. The number of hydrogen-bond acceptors (Lipinski definition) is 3. The first-order valence-corrected chi connectivity index (χ1v) is 4.80. The Morgan fingerprint density at radius 3 is 2.50 bits per heavy atom. The van der Waals surface area contributed by atoms with E-state index in [1.807, 2.05) is 31.2 Å². The van der Waals surface area contributed by atoms with Crippen LogP contribution in [0.25, 0.3) is 0 Å². The van der Waals surface area contributed by atoms with Gasteiger partial charge in [-0.2, -0.15) is 0 Å². The molecule has 2 N–H and O–H groups in total. The fourth-order valence-electron chi connectivity index (χ4n) is 1.53. The molecule has 2 atom stereocenters. The van der Waals surface area contributed by atoms with Crippen LogP contribution >= 0.6 is 11.6 Å². The third-order valence-electron chi connectivity index (χ3n) is 2.22. The van der Waals surface area contributed by atoms with Gasteiger partial charge in [0.05, 0.1) is 6.04 Å². The molecule has 0 saturated heterocycles. The predicted octanol–water partition coefficient (Wildman–Crippen LogP) is 2.11. The third-order valence-corrected chi connectivity index (χ3v) is 2.47. The van der Waals surface area contributed by atoms with E-state index in [1.165, 1.54) is 0 Å². The molecule has 74 valence electrons. The van der Waals surface area contributed by atoms with Gasteiger partial charge in [-0.05, 0) is 24.6 Å². The lowest BCUT2D eigenvalue weighted by atomic mass is 10.0. The number of benzene rings is 1. The van der Waals surface area contributed by atoms with Gasteiger partial charge in [0, 0.05) is 5.02 Å². The fourth-order valence-corrected chi connectivity index (χ4v) is 1.65. The Labute approximate surface area is 87.5 Å². The summed E-state index contributed by atoms with van der Waals surface area (Å²) >= 11 is 5.79. The van der Waals surface area contributed by atoms with Crippen molar-refractivity contribution in [3.8, 4) is 0 Å². The highest BCUT2D eigenvalue weighted by Crippen LogP contribution is 2.28. The van der Waals surface area contributed by atoms with E-state index in [9.17, 15) is 0 Å². The van der Waals surface area contributed by atoms with Crippen molar-refractivity contribution in [2.75, 3.05) is 0 Å². The first-order valence-electron chi connectivity index (χ1n) is 4.42. The molecule has 0 radical (unpaired) electrons. The van der Waals surface area contributed by atoms with Crippen molar-refractivity contribution >= 4 is 17.6 Å². The molecule has 1 aliphatic heterocycles. The molecule has 0 aliphatic carbocycles. The lowest BCUT2D eigenvalue weighted by Crippen LogP contribution is -2.14. The summed E-state index contributed by atoms with van der Waals surface area (Å²) in [5, 5.41) is 0.716. The van der Waals surface area contributed by atoms with Gasteiger partial charge >= 0.3 is 0 Å². The molecule has 0 bridgehead atoms. The van der Waals surface area contributed by atoms with Crippen LogP contribution in [0, 0.1) is 0 Å². The SMILES string of the molecule is CC1N=C(N)OC1c1ccc(Cl)cc1. The van der Waals surface area contributed by atoms with Crippen molar-refractivity contribution in [1.82, 2.24) is 0 Å². The Morgan fingerprint density at radius 1 is 1.36 bits per heavy atom. The smallest absolute Gasteiger partial charge is 0.283 e. The van der Waals surface area contributed by atoms with E-state index >= 15 is 0 Å². The van der Waals surface area contributed by atoms with Gasteiger partial charge in [-0.3, -0.25) is 0 Å². The van der Waals surface area contributed by atoms with Crippen LogP contribution in [0.4, 0.5) is 0 Å². The molecule has 1 aliphatic rings. The number of amidine groups is 1. The average Bonchev–Trinajstić information content (AvgIpc) is 2.47. The normalized spacial score (nSPS) is 25.7. The topological polar surface area (TPSA) is 47.6 Å². The molecule has 2 unspecified atom stereocenters. The highest BCUT2D eigenvalue weighted by molar-refractivity contribution is 6.30. The van der Waals surface area contributed by atoms with Gasteiger partial charge in [0.2, 0.25) is 0 Å². The summed E-state index contributed by atoms with van der Waals surface area (Å²) in [5.41, 5.74) is 6.53. The van der Waals surface area contributed by atoms with Crippen LogP contribution in [-0.4, -0.2) is 12.1 Å². The zero-order chi connectivity index (χ0) is 10.1. The van der Waals surface area contributed by atoms with Crippen LogP contribution in [0.15, 0.2) is 29.3 Å². The highest BCUT2D eigenvalue weighted by Gasteiger charge is 2.27. The molecular weight excluding hydrogens is 200 g/mol. The number of nitrogens with two attached hydrogens (primary N) is 1. The molecule has 4 heteroatoms. The molecule has 0 fully saturated rings. The van der Waals surface area contributed by atoms with E-state index in [0.717, 1.165) is 5.56 Å². The number of hydrogen-bond donors (Lipinski definition) is 1. The van der Waals surface area contributed by atoms with Crippen LogP contribution in [0.1, 0.15) is 18.6 Å². The molecule has 0 aromatic heterocycles. The van der Waals surface area contributed by atoms with Crippen molar-refractivity contribution in [2.45, 2.75) is 19.1 Å². The summed E-state index contributed by atoms with van der Waals surface area (Å²) in [7, 11) is 0. The monoisotopic (exact) mass is 210 g/mol. The van der Waals surface area contributed by atoms with Crippen molar-refractivity contribution < 1.29 is 4.74 Å². The average molecular weight is 211 g/mol. The number of aliphatic imine (C=N–C) groups is 1. The summed E-state index contributed by atoms with van der Waals surface area (Å²) in [6, 6.07) is 7.85. The molecule has 0 amide bonds. The predicted molar refractivity (Wildman–Crippen MR) is 56.4 cm³/mol. The summed E-state index contributed by atoms with van der Waals surface area (Å²) < 4.78 is 5.38. The molecule has 2 rings (SSSR count). The molecule has 0 saturated carbocycles.